The molecule has 0 aliphatic rings. The summed E-state index contributed by atoms with van der Waals surface area (Å²) < 4.78 is 0. The van der Waals surface area contributed by atoms with Crippen LogP contribution in [0, 0.1) is 6.92 Å². The highest BCUT2D eigenvalue weighted by atomic mass is 36.1. The molecule has 0 unspecified atom stereocenters. The van der Waals surface area contributed by atoms with Crippen LogP contribution in [-0.2, 0) is 6.16 Å². The minimum atomic E-state index is -2.24. The van der Waals surface area contributed by atoms with E-state index in [9.17, 15) is 0 Å². The maximum Gasteiger partial charge on any atom is 0.312 e. The highest BCUT2D eigenvalue weighted by Gasteiger charge is 2.32. The molecule has 0 amide bonds. The Labute approximate surface area is 87.5 Å². The van der Waals surface area contributed by atoms with Gasteiger partial charge in [-0.1, -0.05) is 29.8 Å². The quantitative estimate of drug-likeness (QED) is 0.642. The van der Waals surface area contributed by atoms with Gasteiger partial charge >= 0.3 is 5.32 Å². The Bertz CT molecular complexity index is 250. The van der Waals surface area contributed by atoms with E-state index in [2.05, 4.69) is 0 Å². The van der Waals surface area contributed by atoms with Crippen molar-refractivity contribution in [2.75, 3.05) is 0 Å². The van der Waals surface area contributed by atoms with Gasteiger partial charge in [-0.15, -0.1) is 0 Å². The van der Waals surface area contributed by atoms with Crippen molar-refractivity contribution < 1.29 is 0 Å². The number of benzene rings is 1. The van der Waals surface area contributed by atoms with Crippen LogP contribution in [0.25, 0.3) is 0 Å². The zero-order valence-corrected chi connectivity index (χ0v) is 9.76. The maximum absolute atomic E-state index is 5.75. The van der Waals surface area contributed by atoms with Crippen molar-refractivity contribution in [3.8, 4) is 0 Å². The fourth-order valence-electron chi connectivity index (χ4n) is 0.901. The highest BCUT2D eigenvalue weighted by molar-refractivity contribution is 8.32. The topological polar surface area (TPSA) is 0 Å². The smallest absolute Gasteiger partial charge is 0.0589 e. The second-order valence-corrected chi connectivity index (χ2v) is 10.9. The molecule has 0 fully saturated rings. The number of rotatable bonds is 2. The van der Waals surface area contributed by atoms with Crippen molar-refractivity contribution in [3.05, 3.63) is 35.4 Å². The van der Waals surface area contributed by atoms with E-state index in [4.69, 9.17) is 33.7 Å². The van der Waals surface area contributed by atoms with Crippen molar-refractivity contribution in [3.63, 3.8) is 0 Å². The molecule has 0 aliphatic heterocycles. The Morgan fingerprint density at radius 3 is 2.00 bits per heavy atom. The normalized spacial score (nSPS) is 11.7. The number of hydrogen-bond acceptors (Lipinski definition) is 0. The highest BCUT2D eigenvalue weighted by Crippen LogP contribution is 2.75. The van der Waals surface area contributed by atoms with Crippen LogP contribution >= 0.6 is 39.0 Å². The molecule has 0 bridgehead atoms. The fourth-order valence-corrected chi connectivity index (χ4v) is 2.77. The van der Waals surface area contributed by atoms with E-state index in [1.54, 1.807) is 0 Å². The molecule has 1 aromatic carbocycles. The molecule has 0 saturated heterocycles. The van der Waals surface area contributed by atoms with Crippen molar-refractivity contribution >= 4 is 39.0 Å². The summed E-state index contributed by atoms with van der Waals surface area (Å²) in [6.07, 6.45) is 0.567. The van der Waals surface area contributed by atoms with Gasteiger partial charge in [0.05, 0.1) is 0 Å². The molecule has 66 valence electrons. The van der Waals surface area contributed by atoms with Gasteiger partial charge in [-0.2, -0.15) is 0 Å². The molecule has 1 rings (SSSR count). The lowest BCUT2D eigenvalue weighted by molar-refractivity contribution is 1.36. The lowest BCUT2D eigenvalue weighted by Crippen LogP contribution is -1.81. The Morgan fingerprint density at radius 1 is 1.08 bits per heavy atom. The molecule has 12 heavy (non-hydrogen) atoms. The monoisotopic (exact) mass is 241 g/mol. The molecule has 0 radical (unpaired) electrons. The first-order chi connectivity index (χ1) is 5.47. The average molecular weight is 242 g/mol. The van der Waals surface area contributed by atoms with Crippen LogP contribution in [-0.4, -0.2) is 0 Å². The molecule has 4 heteroatoms. The zero-order valence-electron chi connectivity index (χ0n) is 6.60. The van der Waals surface area contributed by atoms with E-state index >= 15 is 0 Å². The molecule has 0 nitrogen and oxygen atoms in total. The summed E-state index contributed by atoms with van der Waals surface area (Å²) in [4.78, 5) is 0. The van der Waals surface area contributed by atoms with Crippen molar-refractivity contribution in [2.45, 2.75) is 13.1 Å². The predicted molar refractivity (Wildman–Crippen MR) is 59.4 cm³/mol. The van der Waals surface area contributed by atoms with Crippen molar-refractivity contribution in [1.82, 2.24) is 0 Å². The number of aryl methyl sites for hydroxylation is 1. The van der Waals surface area contributed by atoms with Gasteiger partial charge in [0.15, 0.2) is 0 Å². The predicted octanol–water partition coefficient (Wildman–Crippen LogP) is 4.97. The summed E-state index contributed by atoms with van der Waals surface area (Å²) in [5.41, 5.74) is 2.32. The minimum absolute atomic E-state index is 0.567. The molecule has 0 spiro atoms. The summed E-state index contributed by atoms with van der Waals surface area (Å²) >= 11 is 17.2. The molecule has 0 saturated carbocycles. The maximum atomic E-state index is 5.75. The lowest BCUT2D eigenvalue weighted by Gasteiger charge is -2.00. The van der Waals surface area contributed by atoms with Crippen molar-refractivity contribution in [2.24, 2.45) is 0 Å². The van der Waals surface area contributed by atoms with E-state index in [0.717, 1.165) is 5.56 Å². The SMILES string of the molecule is Cc1ccc(C[P+](Cl)(Cl)Cl)cc1. The fraction of sp³-hybridized carbons (Fsp3) is 0.250. The Kier molecular flexibility index (Phi) is 3.67. The average Bonchev–Trinajstić information content (AvgIpc) is 1.91. The summed E-state index contributed by atoms with van der Waals surface area (Å²) in [5.74, 6) is 0. The van der Waals surface area contributed by atoms with E-state index in [1.807, 2.05) is 31.2 Å². The van der Waals surface area contributed by atoms with Gasteiger partial charge < -0.3 is 0 Å². The Hall–Kier alpha value is 0.520. The van der Waals surface area contributed by atoms with Crippen LogP contribution in [0.15, 0.2) is 24.3 Å². The van der Waals surface area contributed by atoms with Crippen LogP contribution in [0.4, 0.5) is 0 Å². The minimum Gasteiger partial charge on any atom is -0.0589 e. The van der Waals surface area contributed by atoms with Gasteiger partial charge in [-0.25, -0.2) is 0 Å². The zero-order chi connectivity index (χ0) is 9.19. The second-order valence-electron chi connectivity index (χ2n) is 2.69. The van der Waals surface area contributed by atoms with E-state index in [0.29, 0.717) is 6.16 Å². The van der Waals surface area contributed by atoms with Gasteiger partial charge in [0, 0.05) is 0 Å². The lowest BCUT2D eigenvalue weighted by atomic mass is 10.2. The van der Waals surface area contributed by atoms with E-state index in [1.165, 1.54) is 5.56 Å². The standard InChI is InChI=1S/C8H9Cl3P/c1-7-2-4-8(5-3-7)6-12(9,10)11/h2-5H,6H2,1H3/q+1. The number of hydrogen-bond donors (Lipinski definition) is 0. The second kappa shape index (κ2) is 4.15. The molecule has 0 aliphatic carbocycles. The summed E-state index contributed by atoms with van der Waals surface area (Å²) in [6.45, 7) is 2.04. The van der Waals surface area contributed by atoms with Crippen LogP contribution in [0.1, 0.15) is 11.1 Å². The van der Waals surface area contributed by atoms with Crippen molar-refractivity contribution in [1.29, 1.82) is 0 Å². The Morgan fingerprint density at radius 2 is 1.58 bits per heavy atom. The van der Waals surface area contributed by atoms with E-state index < -0.39 is 5.32 Å². The van der Waals surface area contributed by atoms with Gasteiger partial charge in [-0.05, 0) is 12.5 Å². The molecular formula is C8H9Cl3P+. The first-order valence-corrected chi connectivity index (χ1v) is 8.19. The summed E-state index contributed by atoms with van der Waals surface area (Å²) in [6, 6.07) is 8.04. The van der Waals surface area contributed by atoms with Crippen LogP contribution in [0.5, 0.6) is 0 Å². The van der Waals surface area contributed by atoms with Crippen LogP contribution < -0.4 is 0 Å². The summed E-state index contributed by atoms with van der Waals surface area (Å²) in [5, 5.41) is -2.24. The van der Waals surface area contributed by atoms with Crippen LogP contribution in [0.3, 0.4) is 0 Å². The van der Waals surface area contributed by atoms with Gasteiger partial charge in [0.2, 0.25) is 0 Å². The summed E-state index contributed by atoms with van der Waals surface area (Å²) in [7, 11) is 0. The molecule has 1 aromatic rings. The number of halogens is 3. The molecule has 0 N–H and O–H groups in total. The van der Waals surface area contributed by atoms with Gasteiger partial charge in [0.25, 0.3) is 0 Å². The van der Waals surface area contributed by atoms with Gasteiger partial charge in [-0.3, -0.25) is 0 Å². The first kappa shape index (κ1) is 10.6. The molecule has 0 atom stereocenters. The van der Waals surface area contributed by atoms with E-state index in [-0.39, 0.29) is 0 Å². The third-order valence-corrected chi connectivity index (χ3v) is 3.28. The third kappa shape index (κ3) is 3.96. The molecule has 0 aromatic heterocycles. The largest absolute Gasteiger partial charge is 0.312 e. The Balaban J connectivity index is 2.71. The molecule has 0 heterocycles. The molecular weight excluding hydrogens is 233 g/mol. The van der Waals surface area contributed by atoms with Gasteiger partial charge in [0.1, 0.15) is 39.9 Å². The first-order valence-electron chi connectivity index (χ1n) is 3.50. The third-order valence-electron chi connectivity index (χ3n) is 1.48. The van der Waals surface area contributed by atoms with Crippen LogP contribution in [0.2, 0.25) is 0 Å².